The third-order valence-corrected chi connectivity index (χ3v) is 5.74. The summed E-state index contributed by atoms with van der Waals surface area (Å²) in [6.45, 7) is 10.4. The molecular weight excluding hydrogens is 326 g/mol. The van der Waals surface area contributed by atoms with Crippen molar-refractivity contribution in [1.29, 1.82) is 0 Å². The first-order valence-corrected chi connectivity index (χ1v) is 9.73. The van der Waals surface area contributed by atoms with E-state index in [1.165, 1.54) is 6.42 Å². The van der Waals surface area contributed by atoms with Crippen molar-refractivity contribution < 1.29 is 14.5 Å². The Kier molecular flexibility index (Phi) is 6.81. The summed E-state index contributed by atoms with van der Waals surface area (Å²) in [4.78, 5) is 28.4. The maximum atomic E-state index is 13.0. The van der Waals surface area contributed by atoms with Crippen LogP contribution in [-0.2, 0) is 9.59 Å². The first kappa shape index (κ1) is 20.4. The monoisotopic (exact) mass is 360 g/mol. The molecule has 1 aromatic carbocycles. The molecule has 1 fully saturated rings. The van der Waals surface area contributed by atoms with Crippen LogP contribution in [0.25, 0.3) is 0 Å². The molecule has 2 rings (SSSR count). The molecule has 1 unspecified atom stereocenters. The van der Waals surface area contributed by atoms with Crippen molar-refractivity contribution in [2.75, 3.05) is 18.9 Å². The van der Waals surface area contributed by atoms with Crippen molar-refractivity contribution in [3.05, 3.63) is 29.3 Å². The largest absolute Gasteiger partial charge is 0.332 e. The third kappa shape index (κ3) is 4.64. The van der Waals surface area contributed by atoms with Gasteiger partial charge in [0.15, 0.2) is 12.6 Å². The van der Waals surface area contributed by atoms with Crippen molar-refractivity contribution in [2.45, 2.75) is 72.0 Å². The van der Waals surface area contributed by atoms with Gasteiger partial charge in [-0.2, -0.15) is 0 Å². The molecular formula is C21H34N3O2+. The highest BCUT2D eigenvalue weighted by atomic mass is 16.2. The lowest BCUT2D eigenvalue weighted by atomic mass is 9.96. The van der Waals surface area contributed by atoms with Gasteiger partial charge in [-0.3, -0.25) is 9.59 Å². The topological polar surface area (TPSA) is 53.9 Å². The Hall–Kier alpha value is -1.88. The first-order chi connectivity index (χ1) is 12.2. The van der Waals surface area contributed by atoms with E-state index >= 15 is 0 Å². The van der Waals surface area contributed by atoms with Crippen molar-refractivity contribution in [3.63, 3.8) is 0 Å². The van der Waals surface area contributed by atoms with Gasteiger partial charge in [0.05, 0.1) is 7.05 Å². The van der Waals surface area contributed by atoms with E-state index in [0.717, 1.165) is 34.6 Å². The number of piperidine rings is 1. The highest BCUT2D eigenvalue weighted by Crippen LogP contribution is 2.23. The molecule has 2 N–H and O–H groups in total. The quantitative estimate of drug-likeness (QED) is 0.843. The van der Waals surface area contributed by atoms with Gasteiger partial charge in [0.1, 0.15) is 0 Å². The fourth-order valence-corrected chi connectivity index (χ4v) is 3.89. The van der Waals surface area contributed by atoms with Crippen LogP contribution in [0, 0.1) is 13.8 Å². The van der Waals surface area contributed by atoms with E-state index in [1.807, 2.05) is 50.9 Å². The molecule has 1 aromatic rings. The molecule has 1 aliphatic heterocycles. The number of para-hydroxylation sites is 1. The lowest BCUT2D eigenvalue weighted by Gasteiger charge is -2.40. The fraction of sp³-hybridized carbons (Fsp3) is 0.619. The zero-order valence-electron chi connectivity index (χ0n) is 17.1. The van der Waals surface area contributed by atoms with Gasteiger partial charge in [-0.05, 0) is 65.0 Å². The molecule has 4 atom stereocenters. The molecule has 0 radical (unpaired) electrons. The number of carbonyl (C=O) groups is 2. The average molecular weight is 361 g/mol. The minimum Gasteiger partial charge on any atom is -0.332 e. The molecule has 1 saturated heterocycles. The fourth-order valence-electron chi connectivity index (χ4n) is 3.89. The van der Waals surface area contributed by atoms with Crippen molar-refractivity contribution in [3.8, 4) is 0 Å². The lowest BCUT2D eigenvalue weighted by Crippen LogP contribution is -3.15. The van der Waals surface area contributed by atoms with Crippen LogP contribution in [0.1, 0.15) is 51.2 Å². The lowest BCUT2D eigenvalue weighted by molar-refractivity contribution is -0.886. The molecule has 0 spiro atoms. The van der Waals surface area contributed by atoms with Crippen LogP contribution in [0.2, 0.25) is 0 Å². The molecule has 5 nitrogen and oxygen atoms in total. The van der Waals surface area contributed by atoms with Crippen LogP contribution in [0.4, 0.5) is 5.69 Å². The molecule has 2 amide bonds. The first-order valence-electron chi connectivity index (χ1n) is 9.73. The van der Waals surface area contributed by atoms with Crippen LogP contribution in [0.15, 0.2) is 18.2 Å². The van der Waals surface area contributed by atoms with E-state index in [9.17, 15) is 9.59 Å². The number of quaternary nitrogens is 1. The summed E-state index contributed by atoms with van der Waals surface area (Å²) in [5.41, 5.74) is 2.98. The molecule has 0 aromatic heterocycles. The number of likely N-dealkylation sites (tertiary alicyclic amines) is 1. The number of nitrogens with one attached hydrogen (secondary N) is 2. The molecule has 1 heterocycles. The second-order valence-electron chi connectivity index (χ2n) is 7.93. The third-order valence-electron chi connectivity index (χ3n) is 5.74. The van der Waals surface area contributed by atoms with E-state index in [2.05, 4.69) is 19.2 Å². The van der Waals surface area contributed by atoms with E-state index in [4.69, 9.17) is 0 Å². The molecule has 0 aliphatic carbocycles. The SMILES string of the molecule is Cc1cccc(C)c1NC(=O)C[NH+](C)[C@H](C)C(=O)N1[C@H](C)CCC[C@@H]1C. The number of hydrogen-bond acceptors (Lipinski definition) is 2. The average Bonchev–Trinajstić information content (AvgIpc) is 2.57. The van der Waals surface area contributed by atoms with Gasteiger partial charge in [0.2, 0.25) is 0 Å². The minimum atomic E-state index is -0.235. The van der Waals surface area contributed by atoms with Gasteiger partial charge in [0.25, 0.3) is 11.8 Å². The summed E-state index contributed by atoms with van der Waals surface area (Å²) in [5, 5.41) is 3.02. The van der Waals surface area contributed by atoms with Gasteiger partial charge in [-0.15, -0.1) is 0 Å². The van der Waals surface area contributed by atoms with E-state index in [-0.39, 0.29) is 36.5 Å². The number of likely N-dealkylation sites (N-methyl/N-ethyl adjacent to an activating group) is 1. The standard InChI is InChI=1S/C21H33N3O2/c1-14-9-7-10-15(2)20(14)22-19(25)13-23(6)18(5)21(26)24-16(3)11-8-12-17(24)4/h7,9-10,16-18H,8,11-13H2,1-6H3,(H,22,25)/p+1/t16-,17+,18-/m1/s1. The highest BCUT2D eigenvalue weighted by Gasteiger charge is 2.35. The second kappa shape index (κ2) is 8.67. The van der Waals surface area contributed by atoms with Gasteiger partial charge >= 0.3 is 0 Å². The Morgan fingerprint density at radius 2 is 1.73 bits per heavy atom. The summed E-state index contributed by atoms with van der Waals surface area (Å²) in [5.74, 6) is 0.0985. The molecule has 144 valence electrons. The maximum Gasteiger partial charge on any atom is 0.281 e. The number of aryl methyl sites for hydroxylation is 2. The molecule has 0 saturated carbocycles. The van der Waals surface area contributed by atoms with Gasteiger partial charge < -0.3 is 15.1 Å². The van der Waals surface area contributed by atoms with Crippen LogP contribution in [0.3, 0.4) is 0 Å². The van der Waals surface area contributed by atoms with Gasteiger partial charge in [-0.25, -0.2) is 0 Å². The van der Waals surface area contributed by atoms with Crippen molar-refractivity contribution in [2.24, 2.45) is 0 Å². The Bertz CT molecular complexity index is 628. The Morgan fingerprint density at radius 1 is 1.19 bits per heavy atom. The molecule has 1 aliphatic rings. The predicted octanol–water partition coefficient (Wildman–Crippen LogP) is 1.93. The predicted molar refractivity (Wildman–Crippen MR) is 105 cm³/mol. The van der Waals surface area contributed by atoms with Gasteiger partial charge in [-0.1, -0.05) is 18.2 Å². The number of carbonyl (C=O) groups excluding carboxylic acids is 2. The van der Waals surface area contributed by atoms with E-state index < -0.39 is 0 Å². The van der Waals surface area contributed by atoms with E-state index in [0.29, 0.717) is 0 Å². The van der Waals surface area contributed by atoms with Gasteiger partial charge in [0, 0.05) is 17.8 Å². The summed E-state index contributed by atoms with van der Waals surface area (Å²) in [7, 11) is 1.92. The van der Waals surface area contributed by atoms with Crippen molar-refractivity contribution in [1.82, 2.24) is 4.90 Å². The van der Waals surface area contributed by atoms with Crippen LogP contribution < -0.4 is 10.2 Å². The molecule has 26 heavy (non-hydrogen) atoms. The Labute approximate surface area is 157 Å². The molecule has 5 heteroatoms. The van der Waals surface area contributed by atoms with Crippen LogP contribution >= 0.6 is 0 Å². The van der Waals surface area contributed by atoms with Crippen LogP contribution in [0.5, 0.6) is 0 Å². The number of amides is 2. The smallest absolute Gasteiger partial charge is 0.281 e. The number of hydrogen-bond donors (Lipinski definition) is 2. The van der Waals surface area contributed by atoms with Crippen molar-refractivity contribution >= 4 is 17.5 Å². The number of anilines is 1. The number of benzene rings is 1. The van der Waals surface area contributed by atoms with E-state index in [1.54, 1.807) is 0 Å². The zero-order chi connectivity index (χ0) is 19.4. The zero-order valence-corrected chi connectivity index (χ0v) is 17.1. The Balaban J connectivity index is 1.98. The normalized spacial score (nSPS) is 22.6. The Morgan fingerprint density at radius 3 is 2.27 bits per heavy atom. The molecule has 0 bridgehead atoms. The highest BCUT2D eigenvalue weighted by molar-refractivity contribution is 5.93. The summed E-state index contributed by atoms with van der Waals surface area (Å²) in [6.07, 6.45) is 3.31. The number of rotatable bonds is 5. The maximum absolute atomic E-state index is 13.0. The minimum absolute atomic E-state index is 0.0562. The number of nitrogens with zero attached hydrogens (tertiary/aromatic N) is 1. The second-order valence-corrected chi connectivity index (χ2v) is 7.93. The summed E-state index contributed by atoms with van der Waals surface area (Å²) < 4.78 is 0. The summed E-state index contributed by atoms with van der Waals surface area (Å²) in [6, 6.07) is 6.30. The summed E-state index contributed by atoms with van der Waals surface area (Å²) >= 11 is 0. The van der Waals surface area contributed by atoms with Crippen LogP contribution in [-0.4, -0.2) is 48.4 Å².